The van der Waals surface area contributed by atoms with E-state index in [-0.39, 0.29) is 6.42 Å². The van der Waals surface area contributed by atoms with Crippen LogP contribution in [0.4, 0.5) is 4.79 Å². The zero-order valence-corrected chi connectivity index (χ0v) is 17.8. The highest BCUT2D eigenvalue weighted by molar-refractivity contribution is 8.77. The van der Waals surface area contributed by atoms with E-state index >= 15 is 0 Å². The molecule has 0 radical (unpaired) electrons. The molecule has 0 aliphatic carbocycles. The van der Waals surface area contributed by atoms with Crippen molar-refractivity contribution in [2.45, 2.75) is 75.2 Å². The molecule has 1 aliphatic rings. The van der Waals surface area contributed by atoms with Crippen LogP contribution in [0.15, 0.2) is 0 Å². The molecule has 0 aromatic heterocycles. The molecule has 150 valence electrons. The average molecular weight is 426 g/mol. The lowest BCUT2D eigenvalue weighted by atomic mass is 10.0. The second-order valence-electron chi connectivity index (χ2n) is 6.61. The number of rotatable bonds is 10. The number of esters is 1. The molecule has 2 N–H and O–H groups in total. The van der Waals surface area contributed by atoms with Crippen LogP contribution in [0.2, 0.25) is 0 Å². The van der Waals surface area contributed by atoms with E-state index in [4.69, 9.17) is 14.6 Å². The summed E-state index contributed by atoms with van der Waals surface area (Å²) in [7, 11) is 3.81. The quantitative estimate of drug-likeness (QED) is 0.161. The number of carbonyl (C=O) groups excluding carboxylic acids is 2. The lowest BCUT2D eigenvalue weighted by Crippen LogP contribution is -2.52. The van der Waals surface area contributed by atoms with Gasteiger partial charge in [-0.15, -0.1) is 0 Å². The highest BCUT2D eigenvalue weighted by Gasteiger charge is 2.34. The predicted octanol–water partition coefficient (Wildman–Crippen LogP) is 3.48. The third-order valence-corrected chi connectivity index (χ3v) is 6.94. The molecule has 7 nitrogen and oxygen atoms in total. The van der Waals surface area contributed by atoms with Crippen molar-refractivity contribution < 1.29 is 29.0 Å². The number of carboxylic acid groups (broad SMARTS) is 1. The highest BCUT2D eigenvalue weighted by Crippen LogP contribution is 2.39. The summed E-state index contributed by atoms with van der Waals surface area (Å²) in [4.78, 5) is 34.7. The molecule has 3 atom stereocenters. The van der Waals surface area contributed by atoms with E-state index in [0.717, 1.165) is 19.3 Å². The molecule has 0 aromatic rings. The second-order valence-corrected chi connectivity index (χ2v) is 10.5. The maximum atomic E-state index is 11.8. The van der Waals surface area contributed by atoms with Crippen LogP contribution >= 0.6 is 34.2 Å². The minimum Gasteiger partial charge on any atom is -0.480 e. The summed E-state index contributed by atoms with van der Waals surface area (Å²) in [5.41, 5.74) is 0. The molecule has 10 heteroatoms. The van der Waals surface area contributed by atoms with Crippen molar-refractivity contribution >= 4 is 52.2 Å². The van der Waals surface area contributed by atoms with Gasteiger partial charge in [0.05, 0.1) is 0 Å². The van der Waals surface area contributed by atoms with Crippen LogP contribution in [0.25, 0.3) is 0 Å². The fourth-order valence-corrected chi connectivity index (χ4v) is 5.52. The van der Waals surface area contributed by atoms with Gasteiger partial charge in [0.25, 0.3) is 0 Å². The number of ether oxygens (including phenoxy) is 2. The zero-order chi connectivity index (χ0) is 19.7. The summed E-state index contributed by atoms with van der Waals surface area (Å²) in [6.45, 7) is 4.52. The van der Waals surface area contributed by atoms with E-state index in [1.807, 2.05) is 21.6 Å². The Labute approximate surface area is 167 Å². The van der Waals surface area contributed by atoms with Crippen LogP contribution in [-0.4, -0.2) is 51.2 Å². The Kier molecular flexibility index (Phi) is 10.0. The zero-order valence-electron chi connectivity index (χ0n) is 15.2. The van der Waals surface area contributed by atoms with Crippen molar-refractivity contribution in [2.75, 3.05) is 5.75 Å². The van der Waals surface area contributed by atoms with Gasteiger partial charge in [0.15, 0.2) is 0 Å². The number of thiol groups is 1. The normalized spacial score (nSPS) is 19.5. The van der Waals surface area contributed by atoms with Gasteiger partial charge >= 0.3 is 18.0 Å². The number of alkyl carbamates (subject to hydrolysis) is 1. The molecule has 0 spiro atoms. The van der Waals surface area contributed by atoms with Gasteiger partial charge in [-0.1, -0.05) is 28.0 Å². The van der Waals surface area contributed by atoms with E-state index < -0.39 is 35.1 Å². The smallest absolute Gasteiger partial charge is 0.410 e. The van der Waals surface area contributed by atoms with E-state index in [2.05, 4.69) is 17.9 Å². The van der Waals surface area contributed by atoms with Crippen LogP contribution in [0, 0.1) is 0 Å². The van der Waals surface area contributed by atoms with Gasteiger partial charge in [-0.25, -0.2) is 9.59 Å². The number of amides is 1. The average Bonchev–Trinajstić information content (AvgIpc) is 3.01. The van der Waals surface area contributed by atoms with Crippen molar-refractivity contribution in [2.24, 2.45) is 0 Å². The molecule has 1 heterocycles. The van der Waals surface area contributed by atoms with Crippen molar-refractivity contribution in [1.82, 2.24) is 5.32 Å². The van der Waals surface area contributed by atoms with Crippen LogP contribution in [0.5, 0.6) is 0 Å². The summed E-state index contributed by atoms with van der Waals surface area (Å²) in [6.07, 6.45) is 2.20. The number of aliphatic carboxylic acids is 1. The summed E-state index contributed by atoms with van der Waals surface area (Å²) in [6, 6.07) is -1.24. The van der Waals surface area contributed by atoms with Gasteiger partial charge < -0.3 is 19.9 Å². The molecule has 0 saturated carbocycles. The summed E-state index contributed by atoms with van der Waals surface area (Å²) < 4.78 is 8.93. The number of carbonyl (C=O) groups is 3. The SMILES string of the molecule is CC(OC(=O)CCCC[C@H]1CCSS1)OC(=O)N[C@@H](C(=O)O)C(C)(C)S. The minimum atomic E-state index is -1.24. The first-order valence-corrected chi connectivity index (χ1v) is 11.3. The Morgan fingerprint density at radius 1 is 1.31 bits per heavy atom. The topological polar surface area (TPSA) is 102 Å². The molecule has 0 aromatic carbocycles. The van der Waals surface area contributed by atoms with Crippen LogP contribution in [-0.2, 0) is 19.1 Å². The van der Waals surface area contributed by atoms with Crippen molar-refractivity contribution in [3.8, 4) is 0 Å². The minimum absolute atomic E-state index is 0.265. The predicted molar refractivity (Wildman–Crippen MR) is 107 cm³/mol. The molecule has 1 rings (SSSR count). The summed E-state index contributed by atoms with van der Waals surface area (Å²) in [5.74, 6) is -0.477. The molecule has 1 amide bonds. The fourth-order valence-electron chi connectivity index (χ4n) is 2.32. The lowest BCUT2D eigenvalue weighted by molar-refractivity contribution is -0.165. The van der Waals surface area contributed by atoms with E-state index in [1.54, 1.807) is 13.8 Å². The Morgan fingerprint density at radius 2 is 2.00 bits per heavy atom. The Balaban J connectivity index is 2.24. The first-order chi connectivity index (χ1) is 12.1. The standard InChI is InChI=1S/C16H27NO6S3/c1-10(23-15(21)17-13(14(19)20)16(2,3)24)22-12(18)7-5-4-6-11-8-9-25-26-11/h10-11,13,24H,4-9H2,1-3H3,(H,17,21)(H,19,20)/t10?,11-,13-/m0/s1. The molecule has 1 fully saturated rings. The number of hydrogen-bond donors (Lipinski definition) is 3. The van der Waals surface area contributed by atoms with E-state index in [0.29, 0.717) is 5.25 Å². The first-order valence-electron chi connectivity index (χ1n) is 8.49. The van der Waals surface area contributed by atoms with Gasteiger partial charge in [-0.2, -0.15) is 12.6 Å². The number of carboxylic acids is 1. The molecule has 26 heavy (non-hydrogen) atoms. The summed E-state index contributed by atoms with van der Waals surface area (Å²) >= 11 is 4.15. The molecular weight excluding hydrogens is 398 g/mol. The lowest BCUT2D eigenvalue weighted by Gasteiger charge is -2.27. The van der Waals surface area contributed by atoms with Crippen LogP contribution < -0.4 is 5.32 Å². The third kappa shape index (κ3) is 9.27. The van der Waals surface area contributed by atoms with E-state index in [9.17, 15) is 14.4 Å². The van der Waals surface area contributed by atoms with Crippen molar-refractivity contribution in [1.29, 1.82) is 0 Å². The monoisotopic (exact) mass is 425 g/mol. The van der Waals surface area contributed by atoms with Gasteiger partial charge in [-0.3, -0.25) is 4.79 Å². The third-order valence-electron chi connectivity index (χ3n) is 3.67. The molecule has 0 bridgehead atoms. The van der Waals surface area contributed by atoms with E-state index in [1.165, 1.54) is 19.1 Å². The molecule has 1 unspecified atom stereocenters. The molecular formula is C16H27NO6S3. The van der Waals surface area contributed by atoms with Gasteiger partial charge in [0, 0.05) is 29.1 Å². The van der Waals surface area contributed by atoms with Crippen molar-refractivity contribution in [3.05, 3.63) is 0 Å². The Hall–Kier alpha value is -0.740. The number of hydrogen-bond acceptors (Lipinski definition) is 8. The second kappa shape index (κ2) is 11.2. The fraction of sp³-hybridized carbons (Fsp3) is 0.812. The van der Waals surface area contributed by atoms with Crippen LogP contribution in [0.3, 0.4) is 0 Å². The number of unbranched alkanes of at least 4 members (excludes halogenated alkanes) is 1. The largest absolute Gasteiger partial charge is 0.480 e. The van der Waals surface area contributed by atoms with Gasteiger partial charge in [0.1, 0.15) is 6.04 Å². The maximum absolute atomic E-state index is 11.8. The van der Waals surface area contributed by atoms with Crippen molar-refractivity contribution in [3.63, 3.8) is 0 Å². The maximum Gasteiger partial charge on any atom is 0.410 e. The van der Waals surface area contributed by atoms with Gasteiger partial charge in [-0.05, 0) is 33.1 Å². The van der Waals surface area contributed by atoms with Gasteiger partial charge in [0.2, 0.25) is 6.29 Å². The molecule has 1 aliphatic heterocycles. The first kappa shape index (κ1) is 23.3. The Bertz CT molecular complexity index is 491. The summed E-state index contributed by atoms with van der Waals surface area (Å²) in [5, 5.41) is 12.0. The molecule has 1 saturated heterocycles. The number of nitrogens with one attached hydrogen (secondary N) is 1. The highest BCUT2D eigenvalue weighted by atomic mass is 33.1. The van der Waals surface area contributed by atoms with Crippen LogP contribution in [0.1, 0.15) is 52.9 Å². The Morgan fingerprint density at radius 3 is 2.54 bits per heavy atom.